The van der Waals surface area contributed by atoms with Crippen molar-refractivity contribution >= 4 is 16.0 Å². The summed E-state index contributed by atoms with van der Waals surface area (Å²) in [6, 6.07) is 6.27. The molecule has 0 aliphatic carbocycles. The van der Waals surface area contributed by atoms with Gasteiger partial charge in [-0.15, -0.1) is 0 Å². The highest BCUT2D eigenvalue weighted by Gasteiger charge is 2.28. The molecule has 1 N–H and O–H groups in total. The normalized spacial score (nSPS) is 13.6. The lowest BCUT2D eigenvalue weighted by Crippen LogP contribution is -2.40. The Bertz CT molecular complexity index is 578. The van der Waals surface area contributed by atoms with Crippen molar-refractivity contribution < 1.29 is 18.3 Å². The smallest absolute Gasteiger partial charge is 0.318 e. The van der Waals surface area contributed by atoms with Crippen molar-refractivity contribution in [3.63, 3.8) is 0 Å². The Hall–Kier alpha value is -1.40. The highest BCUT2D eigenvalue weighted by molar-refractivity contribution is 7.89. The molecule has 0 fully saturated rings. The van der Waals surface area contributed by atoms with E-state index in [4.69, 9.17) is 5.11 Å². The molecular formula is C15H23NO4S. The van der Waals surface area contributed by atoms with Crippen molar-refractivity contribution in [1.29, 1.82) is 0 Å². The summed E-state index contributed by atoms with van der Waals surface area (Å²) in [4.78, 5) is 11.0. The zero-order valence-corrected chi connectivity index (χ0v) is 13.7. The minimum Gasteiger partial charge on any atom is -0.480 e. The van der Waals surface area contributed by atoms with Crippen molar-refractivity contribution in [1.82, 2.24) is 4.31 Å². The Morgan fingerprint density at radius 1 is 1.19 bits per heavy atom. The van der Waals surface area contributed by atoms with Crippen LogP contribution in [-0.2, 0) is 14.8 Å². The fourth-order valence-electron chi connectivity index (χ4n) is 2.02. The zero-order chi connectivity index (χ0) is 16.2. The second-order valence-corrected chi connectivity index (χ2v) is 7.31. The number of carboxylic acids is 1. The van der Waals surface area contributed by atoms with Crippen LogP contribution in [-0.4, -0.2) is 36.4 Å². The second-order valence-electron chi connectivity index (χ2n) is 5.42. The number of benzene rings is 1. The van der Waals surface area contributed by atoms with Crippen molar-refractivity contribution in [2.45, 2.75) is 51.0 Å². The molecule has 0 radical (unpaired) electrons. The standard InChI is InChI=1S/C15H23NO4S/c1-5-12(4)13-6-8-14(9-7-13)21(19,20)16(11(2)3)10-15(17)18/h6-9,11-12H,5,10H2,1-4H3,(H,17,18). The molecule has 6 heteroatoms. The molecule has 0 saturated heterocycles. The Labute approximate surface area is 126 Å². The molecule has 1 rings (SSSR count). The molecule has 0 saturated carbocycles. The number of nitrogens with zero attached hydrogens (tertiary/aromatic N) is 1. The van der Waals surface area contributed by atoms with Gasteiger partial charge in [-0.3, -0.25) is 4.79 Å². The van der Waals surface area contributed by atoms with Crippen LogP contribution < -0.4 is 0 Å². The molecule has 1 aromatic carbocycles. The van der Waals surface area contributed by atoms with Gasteiger partial charge in [-0.25, -0.2) is 8.42 Å². The van der Waals surface area contributed by atoms with Gasteiger partial charge in [0, 0.05) is 6.04 Å². The van der Waals surface area contributed by atoms with E-state index in [1.807, 2.05) is 0 Å². The molecule has 0 aromatic heterocycles. The number of rotatable bonds is 7. The van der Waals surface area contributed by atoms with Gasteiger partial charge in [0.15, 0.2) is 0 Å². The Morgan fingerprint density at radius 3 is 2.10 bits per heavy atom. The summed E-state index contributed by atoms with van der Waals surface area (Å²) in [5.41, 5.74) is 1.07. The molecule has 1 aromatic rings. The lowest BCUT2D eigenvalue weighted by molar-refractivity contribution is -0.137. The number of aliphatic carboxylic acids is 1. The summed E-state index contributed by atoms with van der Waals surface area (Å²) in [7, 11) is -3.79. The summed E-state index contributed by atoms with van der Waals surface area (Å²) in [5.74, 6) is -0.800. The van der Waals surface area contributed by atoms with Gasteiger partial charge in [-0.2, -0.15) is 4.31 Å². The monoisotopic (exact) mass is 313 g/mol. The molecule has 0 heterocycles. The lowest BCUT2D eigenvalue weighted by Gasteiger charge is -2.24. The molecule has 118 valence electrons. The summed E-state index contributed by atoms with van der Waals surface area (Å²) < 4.78 is 26.0. The summed E-state index contributed by atoms with van der Waals surface area (Å²) in [6.45, 7) is 6.94. The van der Waals surface area contributed by atoms with Gasteiger partial charge in [0.05, 0.1) is 4.90 Å². The minimum atomic E-state index is -3.79. The van der Waals surface area contributed by atoms with E-state index >= 15 is 0 Å². The van der Waals surface area contributed by atoms with Crippen LogP contribution in [0.1, 0.15) is 45.6 Å². The van der Waals surface area contributed by atoms with E-state index in [1.54, 1.807) is 38.1 Å². The van der Waals surface area contributed by atoms with Crippen LogP contribution in [0.3, 0.4) is 0 Å². The molecule has 21 heavy (non-hydrogen) atoms. The highest BCUT2D eigenvalue weighted by atomic mass is 32.2. The average molecular weight is 313 g/mol. The van der Waals surface area contributed by atoms with Gasteiger partial charge in [0.25, 0.3) is 0 Å². The van der Waals surface area contributed by atoms with Crippen molar-refractivity contribution in [3.05, 3.63) is 29.8 Å². The van der Waals surface area contributed by atoms with Crippen molar-refractivity contribution in [2.24, 2.45) is 0 Å². The van der Waals surface area contributed by atoms with Crippen LogP contribution in [0.2, 0.25) is 0 Å². The van der Waals surface area contributed by atoms with E-state index < -0.39 is 28.6 Å². The average Bonchev–Trinajstić information content (AvgIpc) is 2.43. The molecule has 0 amide bonds. The molecule has 0 bridgehead atoms. The summed E-state index contributed by atoms with van der Waals surface area (Å²) >= 11 is 0. The van der Waals surface area contributed by atoms with Gasteiger partial charge >= 0.3 is 5.97 Å². The highest BCUT2D eigenvalue weighted by Crippen LogP contribution is 2.23. The van der Waals surface area contributed by atoms with E-state index in [1.165, 1.54) is 0 Å². The number of sulfonamides is 1. The van der Waals surface area contributed by atoms with Crippen LogP contribution in [0.5, 0.6) is 0 Å². The zero-order valence-electron chi connectivity index (χ0n) is 12.9. The molecule has 0 aliphatic rings. The number of carbonyl (C=O) groups is 1. The molecule has 1 atom stereocenters. The summed E-state index contributed by atoms with van der Waals surface area (Å²) in [6.07, 6.45) is 0.975. The third-order valence-corrected chi connectivity index (χ3v) is 5.57. The molecule has 5 nitrogen and oxygen atoms in total. The topological polar surface area (TPSA) is 74.7 Å². The predicted octanol–water partition coefficient (Wildman–Crippen LogP) is 2.68. The maximum absolute atomic E-state index is 12.5. The van der Waals surface area contributed by atoms with Crippen molar-refractivity contribution in [3.8, 4) is 0 Å². The predicted molar refractivity (Wildman–Crippen MR) is 81.8 cm³/mol. The number of carboxylic acid groups (broad SMARTS) is 1. The lowest BCUT2D eigenvalue weighted by atomic mass is 9.99. The quantitative estimate of drug-likeness (QED) is 0.840. The van der Waals surface area contributed by atoms with E-state index in [9.17, 15) is 13.2 Å². The first-order valence-electron chi connectivity index (χ1n) is 7.03. The van der Waals surface area contributed by atoms with E-state index in [-0.39, 0.29) is 4.90 Å². The van der Waals surface area contributed by atoms with Gasteiger partial charge in [0.1, 0.15) is 6.54 Å². The second kappa shape index (κ2) is 7.04. The first-order chi connectivity index (χ1) is 9.70. The van der Waals surface area contributed by atoms with Crippen LogP contribution in [0.4, 0.5) is 0 Å². The SMILES string of the molecule is CCC(C)c1ccc(S(=O)(=O)N(CC(=O)O)C(C)C)cc1. The van der Waals surface area contributed by atoms with Crippen LogP contribution in [0.25, 0.3) is 0 Å². The van der Waals surface area contributed by atoms with Gasteiger partial charge in [-0.05, 0) is 43.9 Å². The Kier molecular flexibility index (Phi) is 5.92. The van der Waals surface area contributed by atoms with E-state index in [0.29, 0.717) is 5.92 Å². The number of hydrogen-bond acceptors (Lipinski definition) is 3. The third-order valence-electron chi connectivity index (χ3n) is 3.54. The molecular weight excluding hydrogens is 290 g/mol. The third kappa shape index (κ3) is 4.28. The van der Waals surface area contributed by atoms with Crippen LogP contribution in [0, 0.1) is 0 Å². The first-order valence-corrected chi connectivity index (χ1v) is 8.47. The molecule has 1 unspecified atom stereocenters. The maximum atomic E-state index is 12.5. The van der Waals surface area contributed by atoms with Crippen molar-refractivity contribution in [2.75, 3.05) is 6.54 Å². The summed E-state index contributed by atoms with van der Waals surface area (Å²) in [5, 5.41) is 8.89. The minimum absolute atomic E-state index is 0.129. The van der Waals surface area contributed by atoms with E-state index in [0.717, 1.165) is 16.3 Å². The van der Waals surface area contributed by atoms with Gasteiger partial charge < -0.3 is 5.11 Å². The van der Waals surface area contributed by atoms with Crippen LogP contribution >= 0.6 is 0 Å². The van der Waals surface area contributed by atoms with Crippen LogP contribution in [0.15, 0.2) is 29.2 Å². The number of hydrogen-bond donors (Lipinski definition) is 1. The largest absolute Gasteiger partial charge is 0.480 e. The van der Waals surface area contributed by atoms with Gasteiger partial charge in [-0.1, -0.05) is 26.0 Å². The van der Waals surface area contributed by atoms with Gasteiger partial charge in [0.2, 0.25) is 10.0 Å². The first kappa shape index (κ1) is 17.7. The fourth-order valence-corrected chi connectivity index (χ4v) is 3.60. The van der Waals surface area contributed by atoms with E-state index in [2.05, 4.69) is 13.8 Å². The molecule has 0 aliphatic heterocycles. The maximum Gasteiger partial charge on any atom is 0.318 e. The fraction of sp³-hybridized carbons (Fsp3) is 0.533. The Morgan fingerprint density at radius 2 is 1.71 bits per heavy atom. The molecule has 0 spiro atoms. The Balaban J connectivity index is 3.13.